The van der Waals surface area contributed by atoms with Crippen molar-refractivity contribution in [2.24, 2.45) is 0 Å². The molecule has 0 radical (unpaired) electrons. The van der Waals surface area contributed by atoms with Gasteiger partial charge in [0, 0.05) is 17.7 Å². The number of ether oxygens (including phenoxy) is 1. The summed E-state index contributed by atoms with van der Waals surface area (Å²) < 4.78 is 5.97. The topological polar surface area (TPSA) is 52.6 Å². The molecule has 0 aromatic heterocycles. The number of para-hydroxylation sites is 2. The summed E-state index contributed by atoms with van der Waals surface area (Å²) in [6, 6.07) is 12.9. The van der Waals surface area contributed by atoms with E-state index in [1.165, 1.54) is 4.90 Å². The molecular formula is C17H16NO3-. The van der Waals surface area contributed by atoms with Crippen LogP contribution in [0.15, 0.2) is 42.5 Å². The minimum Gasteiger partial charge on any atom is -0.530 e. The molecular weight excluding hydrogens is 266 g/mol. The second kappa shape index (κ2) is 5.13. The summed E-state index contributed by atoms with van der Waals surface area (Å²) in [5, 5.41) is 11.5. The predicted octanol–water partition coefficient (Wildman–Crippen LogP) is 2.86. The van der Waals surface area contributed by atoms with Gasteiger partial charge in [-0.15, -0.1) is 0 Å². The third-order valence-corrected chi connectivity index (χ3v) is 3.85. The van der Waals surface area contributed by atoms with Crippen molar-refractivity contribution in [3.63, 3.8) is 0 Å². The molecule has 0 bridgehead atoms. The Hall–Kier alpha value is -2.49. The van der Waals surface area contributed by atoms with Crippen molar-refractivity contribution in [2.45, 2.75) is 19.9 Å². The van der Waals surface area contributed by atoms with E-state index in [2.05, 4.69) is 0 Å². The van der Waals surface area contributed by atoms with Crippen molar-refractivity contribution in [1.29, 1.82) is 0 Å². The summed E-state index contributed by atoms with van der Waals surface area (Å²) in [5.41, 5.74) is 2.70. The second-order valence-electron chi connectivity index (χ2n) is 5.09. The van der Waals surface area contributed by atoms with Crippen molar-refractivity contribution >= 4 is 6.09 Å². The first-order valence-corrected chi connectivity index (χ1v) is 6.97. The van der Waals surface area contributed by atoms with Crippen LogP contribution in [0.5, 0.6) is 11.5 Å². The number of rotatable bonds is 2. The fraction of sp³-hybridized carbons (Fsp3) is 0.235. The molecule has 1 unspecified atom stereocenters. The maximum absolute atomic E-state index is 11.5. The van der Waals surface area contributed by atoms with Gasteiger partial charge in [-0.05, 0) is 25.5 Å². The Bertz CT molecular complexity index is 696. The Morgan fingerprint density at radius 2 is 1.90 bits per heavy atom. The van der Waals surface area contributed by atoms with Gasteiger partial charge in [0.15, 0.2) is 0 Å². The van der Waals surface area contributed by atoms with E-state index in [1.54, 1.807) is 0 Å². The molecule has 2 aromatic carbocycles. The average Bonchev–Trinajstić information content (AvgIpc) is 2.48. The van der Waals surface area contributed by atoms with Crippen LogP contribution in [0.4, 0.5) is 4.79 Å². The monoisotopic (exact) mass is 282 g/mol. The van der Waals surface area contributed by atoms with Crippen molar-refractivity contribution in [2.75, 3.05) is 6.54 Å². The Morgan fingerprint density at radius 1 is 1.19 bits per heavy atom. The molecule has 2 aromatic rings. The van der Waals surface area contributed by atoms with Gasteiger partial charge in [0.2, 0.25) is 0 Å². The third kappa shape index (κ3) is 2.13. The van der Waals surface area contributed by atoms with E-state index in [0.29, 0.717) is 12.3 Å². The lowest BCUT2D eigenvalue weighted by molar-refractivity contribution is -0.267. The zero-order chi connectivity index (χ0) is 15.0. The van der Waals surface area contributed by atoms with Gasteiger partial charge in [-0.3, -0.25) is 0 Å². The number of hydrogen-bond acceptors (Lipinski definition) is 3. The fourth-order valence-corrected chi connectivity index (χ4v) is 2.86. The lowest BCUT2D eigenvalue weighted by atomic mass is 9.92. The van der Waals surface area contributed by atoms with E-state index in [-0.39, 0.29) is 6.04 Å². The number of aryl methyl sites for hydroxylation is 1. The Morgan fingerprint density at radius 3 is 2.62 bits per heavy atom. The highest BCUT2D eigenvalue weighted by atomic mass is 16.5. The number of nitrogens with zero attached hydrogens (tertiary/aromatic N) is 1. The minimum absolute atomic E-state index is 0.356. The molecule has 1 aliphatic rings. The highest BCUT2D eigenvalue weighted by Crippen LogP contribution is 2.46. The predicted molar refractivity (Wildman–Crippen MR) is 77.3 cm³/mol. The summed E-state index contributed by atoms with van der Waals surface area (Å²) >= 11 is 0. The number of benzene rings is 2. The van der Waals surface area contributed by atoms with Crippen LogP contribution in [-0.2, 0) is 0 Å². The maximum Gasteiger partial charge on any atom is 0.137 e. The molecule has 0 fully saturated rings. The van der Waals surface area contributed by atoms with E-state index < -0.39 is 6.09 Å². The Kier molecular flexibility index (Phi) is 3.29. The molecule has 1 amide bonds. The van der Waals surface area contributed by atoms with Gasteiger partial charge in [-0.2, -0.15) is 0 Å². The zero-order valence-electron chi connectivity index (χ0n) is 12.0. The molecule has 108 valence electrons. The number of fused-ring (bicyclic) bond motifs is 2. The van der Waals surface area contributed by atoms with Crippen LogP contribution in [0.3, 0.4) is 0 Å². The first-order valence-electron chi connectivity index (χ1n) is 6.97. The number of carboxylic acid groups (broad SMARTS) is 1. The highest BCUT2D eigenvalue weighted by molar-refractivity contribution is 5.67. The third-order valence-electron chi connectivity index (χ3n) is 3.85. The second-order valence-corrected chi connectivity index (χ2v) is 5.09. The van der Waals surface area contributed by atoms with Gasteiger partial charge in [0.25, 0.3) is 0 Å². The van der Waals surface area contributed by atoms with Crippen molar-refractivity contribution in [3.8, 4) is 11.5 Å². The number of amides is 1. The summed E-state index contributed by atoms with van der Waals surface area (Å²) in [7, 11) is 0. The number of carbonyl (C=O) groups excluding carboxylic acids is 1. The quantitative estimate of drug-likeness (QED) is 0.851. The largest absolute Gasteiger partial charge is 0.530 e. The van der Waals surface area contributed by atoms with Crippen molar-refractivity contribution in [1.82, 2.24) is 4.90 Å². The molecule has 4 nitrogen and oxygen atoms in total. The maximum atomic E-state index is 11.5. The molecule has 1 atom stereocenters. The van der Waals surface area contributed by atoms with Crippen LogP contribution in [0.2, 0.25) is 0 Å². The van der Waals surface area contributed by atoms with E-state index in [4.69, 9.17) is 4.74 Å². The smallest absolute Gasteiger partial charge is 0.137 e. The van der Waals surface area contributed by atoms with E-state index >= 15 is 0 Å². The van der Waals surface area contributed by atoms with Crippen LogP contribution in [-0.4, -0.2) is 17.5 Å². The minimum atomic E-state index is -1.17. The van der Waals surface area contributed by atoms with Crippen LogP contribution in [0.25, 0.3) is 0 Å². The average molecular weight is 282 g/mol. The Balaban J connectivity index is 2.23. The molecule has 0 aliphatic carbocycles. The van der Waals surface area contributed by atoms with E-state index in [1.807, 2.05) is 56.3 Å². The van der Waals surface area contributed by atoms with Crippen molar-refractivity contribution in [3.05, 3.63) is 59.2 Å². The number of carbonyl (C=O) groups is 1. The molecule has 0 saturated carbocycles. The van der Waals surface area contributed by atoms with Gasteiger partial charge in [0.05, 0.1) is 6.04 Å². The normalized spacial score (nSPS) is 15.6. The summed E-state index contributed by atoms with van der Waals surface area (Å²) in [4.78, 5) is 12.8. The van der Waals surface area contributed by atoms with E-state index in [0.717, 1.165) is 22.4 Å². The molecule has 4 heteroatoms. The van der Waals surface area contributed by atoms with Gasteiger partial charge < -0.3 is 19.5 Å². The standard InChI is InChI=1S/C17H17NO3/c1-3-18(17(19)20)15-12-8-4-5-10-14(12)21-16-11(2)7-6-9-13(15)16/h4-10,15H,3H2,1-2H3,(H,19,20)/p-1. The highest BCUT2D eigenvalue weighted by Gasteiger charge is 2.31. The molecule has 1 aliphatic heterocycles. The summed E-state index contributed by atoms with van der Waals surface area (Å²) in [6.45, 7) is 4.12. The first kappa shape index (κ1) is 13.5. The fourth-order valence-electron chi connectivity index (χ4n) is 2.86. The molecule has 0 N–H and O–H groups in total. The van der Waals surface area contributed by atoms with Gasteiger partial charge in [-0.1, -0.05) is 36.4 Å². The van der Waals surface area contributed by atoms with Crippen LogP contribution in [0, 0.1) is 6.92 Å². The van der Waals surface area contributed by atoms with Crippen LogP contribution in [0.1, 0.15) is 29.7 Å². The molecule has 0 saturated heterocycles. The first-order chi connectivity index (χ1) is 10.1. The van der Waals surface area contributed by atoms with E-state index in [9.17, 15) is 9.90 Å². The van der Waals surface area contributed by atoms with Crippen molar-refractivity contribution < 1.29 is 14.6 Å². The molecule has 0 spiro atoms. The van der Waals surface area contributed by atoms with Gasteiger partial charge in [-0.25, -0.2) is 0 Å². The van der Waals surface area contributed by atoms with Gasteiger partial charge >= 0.3 is 0 Å². The summed E-state index contributed by atoms with van der Waals surface area (Å²) in [6.07, 6.45) is -1.17. The molecule has 1 heterocycles. The van der Waals surface area contributed by atoms with Crippen LogP contribution < -0.4 is 9.84 Å². The lowest BCUT2D eigenvalue weighted by Crippen LogP contribution is -2.44. The Labute approximate surface area is 123 Å². The molecule has 21 heavy (non-hydrogen) atoms. The zero-order valence-corrected chi connectivity index (χ0v) is 12.0. The number of hydrogen-bond donors (Lipinski definition) is 0. The summed E-state index contributed by atoms with van der Waals surface area (Å²) in [5.74, 6) is 1.44. The SMILES string of the molecule is CCN(C(=O)[O-])C1c2ccccc2Oc2c(C)cccc21. The van der Waals surface area contributed by atoms with Crippen LogP contribution >= 0.6 is 0 Å². The lowest BCUT2D eigenvalue weighted by Gasteiger charge is -2.38. The van der Waals surface area contributed by atoms with Gasteiger partial charge in [0.1, 0.15) is 17.6 Å². The molecule has 3 rings (SSSR count).